The highest BCUT2D eigenvalue weighted by molar-refractivity contribution is 5.93. The SMILES string of the molecule is COc1cc(OCC2CO2)cc2oc3ccccc3c(=O)c12. The summed E-state index contributed by atoms with van der Waals surface area (Å²) in [7, 11) is 1.52. The molecule has 2 heterocycles. The summed E-state index contributed by atoms with van der Waals surface area (Å²) >= 11 is 0. The Kier molecular flexibility index (Phi) is 3.01. The standard InChI is InChI=1S/C17H14O5/c1-19-14-6-10(20-8-11-9-21-11)7-15-16(14)17(18)12-4-2-3-5-13(12)22-15/h2-7,11H,8-9H2,1H3. The highest BCUT2D eigenvalue weighted by atomic mass is 16.6. The van der Waals surface area contributed by atoms with E-state index in [4.69, 9.17) is 18.6 Å². The number of rotatable bonds is 4. The van der Waals surface area contributed by atoms with Crippen LogP contribution in [0, 0.1) is 0 Å². The van der Waals surface area contributed by atoms with Gasteiger partial charge in [0, 0.05) is 12.1 Å². The Morgan fingerprint density at radius 3 is 2.82 bits per heavy atom. The van der Waals surface area contributed by atoms with Crippen molar-refractivity contribution in [3.63, 3.8) is 0 Å². The van der Waals surface area contributed by atoms with Gasteiger partial charge in [-0.3, -0.25) is 4.79 Å². The zero-order valence-corrected chi connectivity index (χ0v) is 12.0. The van der Waals surface area contributed by atoms with Gasteiger partial charge in [0.05, 0.1) is 19.1 Å². The van der Waals surface area contributed by atoms with Gasteiger partial charge in [0.25, 0.3) is 0 Å². The van der Waals surface area contributed by atoms with E-state index in [9.17, 15) is 4.79 Å². The molecule has 112 valence electrons. The third-order valence-corrected chi connectivity index (χ3v) is 3.68. The molecule has 0 N–H and O–H groups in total. The predicted molar refractivity (Wildman–Crippen MR) is 81.8 cm³/mol. The van der Waals surface area contributed by atoms with Crippen molar-refractivity contribution >= 4 is 21.9 Å². The van der Waals surface area contributed by atoms with Crippen LogP contribution in [0.25, 0.3) is 21.9 Å². The summed E-state index contributed by atoms with van der Waals surface area (Å²) in [5.41, 5.74) is 0.894. The van der Waals surface area contributed by atoms with Crippen molar-refractivity contribution in [1.29, 1.82) is 0 Å². The van der Waals surface area contributed by atoms with Crippen molar-refractivity contribution in [1.82, 2.24) is 0 Å². The molecule has 0 bridgehead atoms. The van der Waals surface area contributed by atoms with Crippen LogP contribution in [0.4, 0.5) is 0 Å². The predicted octanol–water partition coefficient (Wildman–Crippen LogP) is 2.73. The second kappa shape index (κ2) is 5.03. The van der Waals surface area contributed by atoms with Crippen molar-refractivity contribution < 1.29 is 18.6 Å². The van der Waals surface area contributed by atoms with Gasteiger partial charge in [-0.2, -0.15) is 0 Å². The summed E-state index contributed by atoms with van der Waals surface area (Å²) in [5, 5.41) is 0.963. The average molecular weight is 298 g/mol. The third-order valence-electron chi connectivity index (χ3n) is 3.68. The Balaban J connectivity index is 1.92. The topological polar surface area (TPSA) is 61.2 Å². The fourth-order valence-electron chi connectivity index (χ4n) is 2.46. The first-order valence-electron chi connectivity index (χ1n) is 7.04. The minimum absolute atomic E-state index is 0.106. The van der Waals surface area contributed by atoms with Crippen molar-refractivity contribution in [3.05, 3.63) is 46.6 Å². The highest BCUT2D eigenvalue weighted by Gasteiger charge is 2.23. The van der Waals surface area contributed by atoms with E-state index < -0.39 is 0 Å². The summed E-state index contributed by atoms with van der Waals surface area (Å²) in [6, 6.07) is 10.6. The molecule has 22 heavy (non-hydrogen) atoms. The second-order valence-electron chi connectivity index (χ2n) is 5.19. The van der Waals surface area contributed by atoms with E-state index in [1.165, 1.54) is 7.11 Å². The van der Waals surface area contributed by atoms with Crippen LogP contribution in [0.5, 0.6) is 11.5 Å². The van der Waals surface area contributed by atoms with Gasteiger partial charge < -0.3 is 18.6 Å². The fraction of sp³-hybridized carbons (Fsp3) is 0.235. The lowest BCUT2D eigenvalue weighted by atomic mass is 10.1. The van der Waals surface area contributed by atoms with Crippen LogP contribution in [-0.4, -0.2) is 26.4 Å². The minimum Gasteiger partial charge on any atom is -0.496 e. The van der Waals surface area contributed by atoms with Crippen LogP contribution >= 0.6 is 0 Å². The molecule has 0 radical (unpaired) electrons. The summed E-state index contributed by atoms with van der Waals surface area (Å²) in [6.07, 6.45) is 0.158. The van der Waals surface area contributed by atoms with Crippen LogP contribution in [0.1, 0.15) is 0 Å². The Labute approximate surface area is 126 Å². The molecule has 1 aliphatic rings. The van der Waals surface area contributed by atoms with Crippen molar-refractivity contribution in [3.8, 4) is 11.5 Å². The van der Waals surface area contributed by atoms with E-state index in [1.54, 1.807) is 24.3 Å². The molecule has 1 aliphatic heterocycles. The van der Waals surface area contributed by atoms with Crippen molar-refractivity contribution in [2.75, 3.05) is 20.3 Å². The minimum atomic E-state index is -0.106. The number of hydrogen-bond donors (Lipinski definition) is 0. The van der Waals surface area contributed by atoms with E-state index in [-0.39, 0.29) is 11.5 Å². The van der Waals surface area contributed by atoms with E-state index in [1.807, 2.05) is 12.1 Å². The van der Waals surface area contributed by atoms with Crippen LogP contribution < -0.4 is 14.9 Å². The van der Waals surface area contributed by atoms with Gasteiger partial charge in [0.1, 0.15) is 40.8 Å². The summed E-state index contributed by atoms with van der Waals surface area (Å²) in [6.45, 7) is 1.21. The highest BCUT2D eigenvalue weighted by Crippen LogP contribution is 2.31. The zero-order valence-electron chi connectivity index (χ0n) is 12.0. The number of epoxide rings is 1. The average Bonchev–Trinajstić information content (AvgIpc) is 3.36. The lowest BCUT2D eigenvalue weighted by Gasteiger charge is -2.10. The summed E-state index contributed by atoms with van der Waals surface area (Å²) < 4.78 is 22.0. The molecule has 3 aromatic rings. The number of fused-ring (bicyclic) bond motifs is 2. The second-order valence-corrected chi connectivity index (χ2v) is 5.19. The monoisotopic (exact) mass is 298 g/mol. The quantitative estimate of drug-likeness (QED) is 0.547. The van der Waals surface area contributed by atoms with Crippen LogP contribution in [0.15, 0.2) is 45.6 Å². The van der Waals surface area contributed by atoms with Crippen LogP contribution in [-0.2, 0) is 4.74 Å². The molecule has 0 aliphatic carbocycles. The van der Waals surface area contributed by atoms with E-state index in [0.29, 0.717) is 40.0 Å². The molecule has 4 rings (SSSR count). The van der Waals surface area contributed by atoms with Gasteiger partial charge in [-0.1, -0.05) is 12.1 Å². The Bertz CT molecular complexity index is 908. The lowest BCUT2D eigenvalue weighted by molar-refractivity contribution is 0.262. The van der Waals surface area contributed by atoms with Gasteiger partial charge in [-0.15, -0.1) is 0 Å². The van der Waals surface area contributed by atoms with Gasteiger partial charge in [0.2, 0.25) is 5.43 Å². The molecule has 1 saturated heterocycles. The molecular weight excluding hydrogens is 284 g/mol. The largest absolute Gasteiger partial charge is 0.496 e. The lowest BCUT2D eigenvalue weighted by Crippen LogP contribution is -2.07. The maximum absolute atomic E-state index is 12.7. The van der Waals surface area contributed by atoms with E-state index >= 15 is 0 Å². The Morgan fingerprint density at radius 2 is 2.05 bits per heavy atom. The molecule has 5 heteroatoms. The first-order chi connectivity index (χ1) is 10.8. The number of methoxy groups -OCH3 is 1. The molecule has 1 atom stereocenters. The normalized spacial score (nSPS) is 16.9. The maximum Gasteiger partial charge on any atom is 0.204 e. The van der Waals surface area contributed by atoms with Crippen molar-refractivity contribution in [2.45, 2.75) is 6.10 Å². The first kappa shape index (κ1) is 13.2. The molecule has 0 saturated carbocycles. The molecular formula is C17H14O5. The first-order valence-corrected chi connectivity index (χ1v) is 7.04. The summed E-state index contributed by atoms with van der Waals surface area (Å²) in [5.74, 6) is 1.04. The number of hydrogen-bond acceptors (Lipinski definition) is 5. The Hall–Kier alpha value is -2.53. The van der Waals surface area contributed by atoms with E-state index in [0.717, 1.165) is 6.61 Å². The molecule has 5 nitrogen and oxygen atoms in total. The number of para-hydroxylation sites is 1. The number of benzene rings is 2. The van der Waals surface area contributed by atoms with Gasteiger partial charge in [-0.25, -0.2) is 0 Å². The Morgan fingerprint density at radius 1 is 1.23 bits per heavy atom. The van der Waals surface area contributed by atoms with Gasteiger partial charge in [0.15, 0.2) is 0 Å². The van der Waals surface area contributed by atoms with Crippen molar-refractivity contribution in [2.24, 2.45) is 0 Å². The summed E-state index contributed by atoms with van der Waals surface area (Å²) in [4.78, 5) is 12.7. The fourth-order valence-corrected chi connectivity index (χ4v) is 2.46. The molecule has 0 amide bonds. The smallest absolute Gasteiger partial charge is 0.204 e. The zero-order chi connectivity index (χ0) is 15.1. The van der Waals surface area contributed by atoms with Gasteiger partial charge in [-0.05, 0) is 12.1 Å². The van der Waals surface area contributed by atoms with Crippen LogP contribution in [0.2, 0.25) is 0 Å². The van der Waals surface area contributed by atoms with Gasteiger partial charge >= 0.3 is 0 Å². The molecule has 1 aromatic heterocycles. The third kappa shape index (κ3) is 2.19. The maximum atomic E-state index is 12.7. The molecule has 0 spiro atoms. The number of ether oxygens (including phenoxy) is 3. The molecule has 2 aromatic carbocycles. The molecule has 1 fully saturated rings. The van der Waals surface area contributed by atoms with E-state index in [2.05, 4.69) is 0 Å². The van der Waals surface area contributed by atoms with Crippen LogP contribution in [0.3, 0.4) is 0 Å². The molecule has 1 unspecified atom stereocenters.